The minimum Gasteiger partial charge on any atom is -0.493 e. The highest BCUT2D eigenvalue weighted by Crippen LogP contribution is 2.30. The van der Waals surface area contributed by atoms with Crippen molar-refractivity contribution >= 4 is 23.6 Å². The van der Waals surface area contributed by atoms with Crippen LogP contribution in [0.3, 0.4) is 0 Å². The van der Waals surface area contributed by atoms with Gasteiger partial charge in [-0.05, 0) is 48.4 Å². The molecular weight excluding hydrogens is 354 g/mol. The zero-order chi connectivity index (χ0) is 18.9. The number of hydrogen-bond donors (Lipinski definition) is 0. The summed E-state index contributed by atoms with van der Waals surface area (Å²) in [5.74, 6) is 0.372. The van der Waals surface area contributed by atoms with E-state index in [0.717, 1.165) is 5.56 Å². The normalized spacial score (nSPS) is 10.8. The highest BCUT2D eigenvalue weighted by molar-refractivity contribution is 6.30. The number of halogens is 1. The van der Waals surface area contributed by atoms with Gasteiger partial charge in [-0.3, -0.25) is 0 Å². The lowest BCUT2D eigenvalue weighted by molar-refractivity contribution is -0.137. The van der Waals surface area contributed by atoms with Crippen LogP contribution in [-0.2, 0) is 16.1 Å². The topological polar surface area (TPSA) is 68.6 Å². The monoisotopic (exact) mass is 371 g/mol. The molecule has 0 aliphatic rings. The summed E-state index contributed by atoms with van der Waals surface area (Å²) in [6.07, 6.45) is 1.45. The van der Waals surface area contributed by atoms with Gasteiger partial charge in [-0.25, -0.2) is 4.79 Å². The number of nitrogens with zero attached hydrogens (tertiary/aromatic N) is 1. The number of rotatable bonds is 7. The van der Waals surface area contributed by atoms with Gasteiger partial charge in [-0.2, -0.15) is 5.26 Å². The predicted molar refractivity (Wildman–Crippen MR) is 99.0 cm³/mol. The first-order chi connectivity index (χ1) is 12.6. The Balaban J connectivity index is 2.18. The molecule has 0 atom stereocenters. The summed E-state index contributed by atoms with van der Waals surface area (Å²) in [7, 11) is 1.52. The summed E-state index contributed by atoms with van der Waals surface area (Å²) in [5.41, 5.74) is 1.47. The van der Waals surface area contributed by atoms with E-state index in [9.17, 15) is 4.79 Å². The molecule has 2 aromatic rings. The second kappa shape index (κ2) is 9.50. The molecule has 0 radical (unpaired) electrons. The van der Waals surface area contributed by atoms with Crippen LogP contribution in [0.4, 0.5) is 0 Å². The lowest BCUT2D eigenvalue weighted by atomic mass is 10.1. The van der Waals surface area contributed by atoms with E-state index in [1.54, 1.807) is 31.2 Å². The van der Waals surface area contributed by atoms with Gasteiger partial charge in [0.05, 0.1) is 13.7 Å². The van der Waals surface area contributed by atoms with Gasteiger partial charge in [0.25, 0.3) is 0 Å². The van der Waals surface area contributed by atoms with Gasteiger partial charge >= 0.3 is 5.97 Å². The SMILES string of the molecule is CCOC(=O)/C(C#N)=C\c1ccc(OCc2cccc(Cl)c2)c(OC)c1. The molecule has 0 aromatic heterocycles. The van der Waals surface area contributed by atoms with Crippen LogP contribution >= 0.6 is 11.6 Å². The Morgan fingerprint density at radius 2 is 2.04 bits per heavy atom. The van der Waals surface area contributed by atoms with E-state index >= 15 is 0 Å². The molecule has 2 aromatic carbocycles. The number of carbonyl (C=O) groups is 1. The van der Waals surface area contributed by atoms with E-state index in [-0.39, 0.29) is 12.2 Å². The van der Waals surface area contributed by atoms with Crippen LogP contribution < -0.4 is 9.47 Å². The summed E-state index contributed by atoms with van der Waals surface area (Å²) < 4.78 is 16.0. The quantitative estimate of drug-likeness (QED) is 0.410. The fraction of sp³-hybridized carbons (Fsp3) is 0.200. The molecule has 0 bridgehead atoms. The Hall–Kier alpha value is -2.97. The zero-order valence-electron chi connectivity index (χ0n) is 14.5. The average molecular weight is 372 g/mol. The van der Waals surface area contributed by atoms with E-state index < -0.39 is 5.97 Å². The summed E-state index contributed by atoms with van der Waals surface area (Å²) in [5, 5.41) is 9.75. The minimum atomic E-state index is -0.657. The predicted octanol–water partition coefficient (Wildman–Crippen LogP) is 4.40. The molecule has 6 heteroatoms. The van der Waals surface area contributed by atoms with Gasteiger partial charge in [0.1, 0.15) is 18.2 Å². The maximum absolute atomic E-state index is 11.7. The van der Waals surface area contributed by atoms with Crippen molar-refractivity contribution in [2.75, 3.05) is 13.7 Å². The van der Waals surface area contributed by atoms with Crippen LogP contribution in [0.15, 0.2) is 48.0 Å². The highest BCUT2D eigenvalue weighted by Gasteiger charge is 2.11. The fourth-order valence-corrected chi connectivity index (χ4v) is 2.41. The van der Waals surface area contributed by atoms with E-state index in [1.165, 1.54) is 13.2 Å². The Labute approximate surface area is 157 Å². The molecule has 0 saturated carbocycles. The van der Waals surface area contributed by atoms with Gasteiger partial charge in [0, 0.05) is 5.02 Å². The maximum atomic E-state index is 11.7. The third-order valence-electron chi connectivity index (χ3n) is 3.40. The molecule has 0 amide bonds. The smallest absolute Gasteiger partial charge is 0.348 e. The van der Waals surface area contributed by atoms with Gasteiger partial charge in [-0.15, -0.1) is 0 Å². The van der Waals surface area contributed by atoms with E-state index in [2.05, 4.69) is 0 Å². The summed E-state index contributed by atoms with van der Waals surface area (Å²) in [6.45, 7) is 2.22. The number of methoxy groups -OCH3 is 1. The van der Waals surface area contributed by atoms with Crippen molar-refractivity contribution in [2.45, 2.75) is 13.5 Å². The van der Waals surface area contributed by atoms with Crippen LogP contribution in [-0.4, -0.2) is 19.7 Å². The summed E-state index contributed by atoms with van der Waals surface area (Å²) >= 11 is 5.97. The van der Waals surface area contributed by atoms with Crippen molar-refractivity contribution in [3.05, 3.63) is 64.2 Å². The molecule has 0 unspecified atom stereocenters. The lowest BCUT2D eigenvalue weighted by Gasteiger charge is -2.12. The first kappa shape index (κ1) is 19.4. The van der Waals surface area contributed by atoms with Crippen LogP contribution in [0.5, 0.6) is 11.5 Å². The van der Waals surface area contributed by atoms with Crippen molar-refractivity contribution in [3.8, 4) is 17.6 Å². The van der Waals surface area contributed by atoms with Crippen LogP contribution in [0, 0.1) is 11.3 Å². The van der Waals surface area contributed by atoms with Crippen molar-refractivity contribution in [2.24, 2.45) is 0 Å². The summed E-state index contributed by atoms with van der Waals surface area (Å²) in [6, 6.07) is 14.4. The van der Waals surface area contributed by atoms with Crippen LogP contribution in [0.2, 0.25) is 5.02 Å². The first-order valence-corrected chi connectivity index (χ1v) is 8.29. The molecular formula is C20H18ClNO4. The molecule has 0 heterocycles. The molecule has 134 valence electrons. The minimum absolute atomic E-state index is 0.0819. The molecule has 0 saturated heterocycles. The fourth-order valence-electron chi connectivity index (χ4n) is 2.19. The van der Waals surface area contributed by atoms with Gasteiger partial charge in [0.15, 0.2) is 11.5 Å². The maximum Gasteiger partial charge on any atom is 0.348 e. The number of carbonyl (C=O) groups excluding carboxylic acids is 1. The third kappa shape index (κ3) is 5.27. The summed E-state index contributed by atoms with van der Waals surface area (Å²) in [4.78, 5) is 11.7. The number of hydrogen-bond acceptors (Lipinski definition) is 5. The Morgan fingerprint density at radius 3 is 2.69 bits per heavy atom. The molecule has 26 heavy (non-hydrogen) atoms. The third-order valence-corrected chi connectivity index (χ3v) is 3.63. The van der Waals surface area contributed by atoms with Crippen molar-refractivity contribution in [1.29, 1.82) is 5.26 Å². The van der Waals surface area contributed by atoms with Crippen molar-refractivity contribution in [1.82, 2.24) is 0 Å². The molecule has 0 aliphatic carbocycles. The Kier molecular flexibility index (Phi) is 7.07. The second-order valence-electron chi connectivity index (χ2n) is 5.22. The number of esters is 1. The number of benzene rings is 2. The number of ether oxygens (including phenoxy) is 3. The van der Waals surface area contributed by atoms with Crippen molar-refractivity contribution < 1.29 is 19.0 Å². The molecule has 0 N–H and O–H groups in total. The molecule has 0 spiro atoms. The standard InChI is InChI=1S/C20H18ClNO4/c1-3-25-20(23)16(12-22)9-14-7-8-18(19(11-14)24-2)26-13-15-5-4-6-17(21)10-15/h4-11H,3,13H2,1-2H3/b16-9-. The van der Waals surface area contributed by atoms with Crippen LogP contribution in [0.1, 0.15) is 18.1 Å². The Morgan fingerprint density at radius 1 is 1.23 bits per heavy atom. The van der Waals surface area contributed by atoms with Gasteiger partial charge < -0.3 is 14.2 Å². The van der Waals surface area contributed by atoms with Crippen LogP contribution in [0.25, 0.3) is 6.08 Å². The highest BCUT2D eigenvalue weighted by atomic mass is 35.5. The molecule has 2 rings (SSSR count). The largest absolute Gasteiger partial charge is 0.493 e. The van der Waals surface area contributed by atoms with E-state index in [0.29, 0.717) is 28.7 Å². The van der Waals surface area contributed by atoms with Gasteiger partial charge in [-0.1, -0.05) is 29.8 Å². The lowest BCUT2D eigenvalue weighted by Crippen LogP contribution is -2.06. The van der Waals surface area contributed by atoms with E-state index in [4.69, 9.17) is 31.1 Å². The zero-order valence-corrected chi connectivity index (χ0v) is 15.2. The molecule has 0 aliphatic heterocycles. The molecule has 5 nitrogen and oxygen atoms in total. The number of nitriles is 1. The van der Waals surface area contributed by atoms with E-state index in [1.807, 2.05) is 24.3 Å². The second-order valence-corrected chi connectivity index (χ2v) is 5.66. The molecule has 0 fully saturated rings. The van der Waals surface area contributed by atoms with Gasteiger partial charge in [0.2, 0.25) is 0 Å². The Bertz CT molecular complexity index is 855. The van der Waals surface area contributed by atoms with Crippen molar-refractivity contribution in [3.63, 3.8) is 0 Å². The first-order valence-electron chi connectivity index (χ1n) is 7.91. The average Bonchev–Trinajstić information content (AvgIpc) is 2.65.